The molecule has 0 unspecified atom stereocenters. The van der Waals surface area contributed by atoms with Crippen molar-refractivity contribution >= 4 is 11.7 Å². The molecule has 4 aliphatic carbocycles. The Hall–Kier alpha value is -1.55. The van der Waals surface area contributed by atoms with Gasteiger partial charge in [0.1, 0.15) is 0 Å². The van der Waals surface area contributed by atoms with Crippen LogP contribution in [0.1, 0.15) is 43.2 Å². The molecule has 5 rings (SSSR count). The second-order valence-electron chi connectivity index (χ2n) is 8.65. The summed E-state index contributed by atoms with van der Waals surface area (Å²) >= 11 is 0. The highest BCUT2D eigenvalue weighted by Crippen LogP contribution is 2.59. The van der Waals surface area contributed by atoms with Crippen molar-refractivity contribution in [3.63, 3.8) is 0 Å². The fourth-order valence-corrected chi connectivity index (χ4v) is 6.12. The molecule has 4 nitrogen and oxygen atoms in total. The van der Waals surface area contributed by atoms with Crippen LogP contribution in [0, 0.1) is 37.5 Å². The number of hydrogen-bond acceptors (Lipinski definition) is 2. The first kappa shape index (κ1) is 16.9. The van der Waals surface area contributed by atoms with E-state index in [-0.39, 0.29) is 11.6 Å². The minimum atomic E-state index is -0.159. The largest absolute Gasteiger partial charge is 0.376 e. The van der Waals surface area contributed by atoms with E-state index >= 15 is 0 Å². The van der Waals surface area contributed by atoms with Crippen LogP contribution in [0.25, 0.3) is 0 Å². The highest BCUT2D eigenvalue weighted by atomic mass is 16.5. The second kappa shape index (κ2) is 6.31. The molecule has 0 radical (unpaired) electrons. The van der Waals surface area contributed by atoms with Crippen molar-refractivity contribution in [1.29, 1.82) is 0 Å². The van der Waals surface area contributed by atoms with Crippen LogP contribution < -0.4 is 10.6 Å². The van der Waals surface area contributed by atoms with Gasteiger partial charge >= 0.3 is 6.03 Å². The van der Waals surface area contributed by atoms with E-state index in [1.165, 1.54) is 32.1 Å². The van der Waals surface area contributed by atoms with Gasteiger partial charge in [0.05, 0.1) is 5.60 Å². The number of carbonyl (C=O) groups is 1. The number of urea groups is 1. The van der Waals surface area contributed by atoms with Gasteiger partial charge < -0.3 is 15.4 Å². The zero-order valence-corrected chi connectivity index (χ0v) is 15.6. The van der Waals surface area contributed by atoms with Gasteiger partial charge in [0.2, 0.25) is 0 Å². The zero-order valence-electron chi connectivity index (χ0n) is 15.6. The molecule has 0 spiro atoms. The fourth-order valence-electron chi connectivity index (χ4n) is 6.12. The van der Waals surface area contributed by atoms with Crippen molar-refractivity contribution in [1.82, 2.24) is 5.32 Å². The maximum Gasteiger partial charge on any atom is 0.319 e. The summed E-state index contributed by atoms with van der Waals surface area (Å²) in [5, 5.41) is 6.10. The normalized spacial score (nSPS) is 35.6. The molecule has 4 fully saturated rings. The van der Waals surface area contributed by atoms with Crippen molar-refractivity contribution in [2.24, 2.45) is 23.7 Å². The molecular weight excluding hydrogens is 312 g/mol. The van der Waals surface area contributed by atoms with Gasteiger partial charge in [-0.3, -0.25) is 0 Å². The van der Waals surface area contributed by atoms with Crippen molar-refractivity contribution in [2.75, 3.05) is 19.0 Å². The predicted octanol–water partition coefficient (Wildman–Crippen LogP) is 4.27. The Bertz CT molecular complexity index is 622. The van der Waals surface area contributed by atoms with Crippen LogP contribution in [0.4, 0.5) is 10.5 Å². The van der Waals surface area contributed by atoms with Gasteiger partial charge in [-0.25, -0.2) is 4.79 Å². The van der Waals surface area contributed by atoms with Crippen LogP contribution in [0.2, 0.25) is 0 Å². The molecular formula is C21H30N2O2. The van der Waals surface area contributed by atoms with Gasteiger partial charge in [-0.2, -0.15) is 0 Å². The van der Waals surface area contributed by atoms with Gasteiger partial charge in [0.25, 0.3) is 0 Å². The maximum absolute atomic E-state index is 12.5. The van der Waals surface area contributed by atoms with Gasteiger partial charge in [0, 0.05) is 19.3 Å². The minimum absolute atomic E-state index is 0.129. The standard InChI is InChI=1S/C21H30N2O2/c1-13-4-14(2)6-19(5-13)23-20(24)22-12-21(25-3)17-8-15-7-16(10-17)11-18(21)9-15/h4-6,15-18H,7-12H2,1-3H3,(H2,22,23,24). The average molecular weight is 342 g/mol. The first-order valence-corrected chi connectivity index (χ1v) is 9.67. The van der Waals surface area contributed by atoms with E-state index in [1.54, 1.807) is 0 Å². The molecule has 2 N–H and O–H groups in total. The summed E-state index contributed by atoms with van der Waals surface area (Å²) in [6.07, 6.45) is 6.54. The van der Waals surface area contributed by atoms with Gasteiger partial charge in [-0.15, -0.1) is 0 Å². The summed E-state index contributed by atoms with van der Waals surface area (Å²) in [5.41, 5.74) is 3.01. The van der Waals surface area contributed by atoms with Gasteiger partial charge in [-0.1, -0.05) is 6.07 Å². The number of nitrogens with one attached hydrogen (secondary N) is 2. The summed E-state index contributed by atoms with van der Waals surface area (Å²) in [6, 6.07) is 5.98. The number of rotatable bonds is 4. The number of ether oxygens (including phenoxy) is 1. The van der Waals surface area contributed by atoms with Gasteiger partial charge in [0.15, 0.2) is 0 Å². The fraction of sp³-hybridized carbons (Fsp3) is 0.667. The van der Waals surface area contributed by atoms with E-state index in [1.807, 2.05) is 33.1 Å². The Labute approximate surface area is 150 Å². The monoisotopic (exact) mass is 342 g/mol. The van der Waals surface area contributed by atoms with E-state index < -0.39 is 0 Å². The first-order valence-electron chi connectivity index (χ1n) is 9.67. The summed E-state index contributed by atoms with van der Waals surface area (Å²) in [6.45, 7) is 4.71. The number of hydrogen-bond donors (Lipinski definition) is 2. The van der Waals surface area contributed by atoms with E-state index in [0.29, 0.717) is 18.4 Å². The quantitative estimate of drug-likeness (QED) is 0.859. The summed E-state index contributed by atoms with van der Waals surface area (Å²) < 4.78 is 6.11. The zero-order chi connectivity index (χ0) is 17.6. The summed E-state index contributed by atoms with van der Waals surface area (Å²) in [4.78, 5) is 12.5. The lowest BCUT2D eigenvalue weighted by atomic mass is 9.49. The van der Waals surface area contributed by atoms with Crippen LogP contribution in [-0.2, 0) is 4.74 Å². The average Bonchev–Trinajstić information content (AvgIpc) is 2.53. The van der Waals surface area contributed by atoms with Crippen LogP contribution >= 0.6 is 0 Å². The minimum Gasteiger partial charge on any atom is -0.376 e. The molecule has 0 heterocycles. The Kier molecular flexibility index (Phi) is 4.27. The molecule has 0 aliphatic heterocycles. The van der Waals surface area contributed by atoms with E-state index in [2.05, 4.69) is 16.7 Å². The molecule has 4 heteroatoms. The van der Waals surface area contributed by atoms with Crippen LogP contribution in [-0.4, -0.2) is 25.3 Å². The number of benzene rings is 1. The predicted molar refractivity (Wildman–Crippen MR) is 99.7 cm³/mol. The third-order valence-corrected chi connectivity index (χ3v) is 6.90. The molecule has 0 atom stereocenters. The summed E-state index contributed by atoms with van der Waals surface area (Å²) in [7, 11) is 1.84. The van der Waals surface area contributed by atoms with Crippen LogP contribution in [0.15, 0.2) is 18.2 Å². The molecule has 4 aliphatic rings. The Morgan fingerprint density at radius 2 is 1.60 bits per heavy atom. The molecule has 0 saturated heterocycles. The topological polar surface area (TPSA) is 50.4 Å². The van der Waals surface area contributed by atoms with E-state index in [4.69, 9.17) is 4.74 Å². The molecule has 25 heavy (non-hydrogen) atoms. The van der Waals surface area contributed by atoms with Crippen LogP contribution in [0.3, 0.4) is 0 Å². The number of methoxy groups -OCH3 is 1. The van der Waals surface area contributed by atoms with Gasteiger partial charge in [-0.05, 0) is 92.9 Å². The van der Waals surface area contributed by atoms with Crippen molar-refractivity contribution in [3.8, 4) is 0 Å². The van der Waals surface area contributed by atoms with Crippen molar-refractivity contribution < 1.29 is 9.53 Å². The molecule has 1 aromatic carbocycles. The molecule has 2 amide bonds. The molecule has 1 aromatic rings. The number of carbonyl (C=O) groups excluding carboxylic acids is 1. The van der Waals surface area contributed by atoms with Crippen molar-refractivity contribution in [3.05, 3.63) is 29.3 Å². The smallest absolute Gasteiger partial charge is 0.319 e. The van der Waals surface area contributed by atoms with Crippen molar-refractivity contribution in [2.45, 2.75) is 51.6 Å². The Morgan fingerprint density at radius 1 is 1.04 bits per heavy atom. The highest BCUT2D eigenvalue weighted by molar-refractivity contribution is 5.89. The lowest BCUT2D eigenvalue weighted by Gasteiger charge is -2.60. The third kappa shape index (κ3) is 3.05. The van der Waals surface area contributed by atoms with E-state index in [9.17, 15) is 4.79 Å². The van der Waals surface area contributed by atoms with E-state index in [0.717, 1.165) is 28.7 Å². The molecule has 0 aromatic heterocycles. The number of aryl methyl sites for hydroxylation is 2. The lowest BCUT2D eigenvalue weighted by Crippen LogP contribution is -2.63. The molecule has 4 saturated carbocycles. The Morgan fingerprint density at radius 3 is 2.12 bits per heavy atom. The second-order valence-corrected chi connectivity index (χ2v) is 8.65. The number of amides is 2. The lowest BCUT2D eigenvalue weighted by molar-refractivity contribution is -0.186. The SMILES string of the molecule is COC1(CNC(=O)Nc2cc(C)cc(C)c2)C2CC3CC(C2)CC1C3. The molecule has 136 valence electrons. The molecule has 4 bridgehead atoms. The summed E-state index contributed by atoms with van der Waals surface area (Å²) in [5.74, 6) is 3.01. The highest BCUT2D eigenvalue weighted by Gasteiger charge is 2.57. The van der Waals surface area contributed by atoms with Crippen LogP contribution in [0.5, 0.6) is 0 Å². The first-order chi connectivity index (χ1) is 12.0. The maximum atomic E-state index is 12.5. The third-order valence-electron chi connectivity index (χ3n) is 6.90. The Balaban J connectivity index is 1.42. The number of anilines is 1.